The quantitative estimate of drug-likeness (QED) is 0.815. The number of halogens is 1. The Bertz CT molecular complexity index is 525. The van der Waals surface area contributed by atoms with Crippen LogP contribution in [0.2, 0.25) is 5.02 Å². The van der Waals surface area contributed by atoms with E-state index >= 15 is 0 Å². The zero-order valence-corrected chi connectivity index (χ0v) is 13.1. The van der Waals surface area contributed by atoms with E-state index < -0.39 is 29.5 Å². The van der Waals surface area contributed by atoms with Crippen LogP contribution in [0.4, 0.5) is 0 Å². The van der Waals surface area contributed by atoms with Crippen molar-refractivity contribution in [2.45, 2.75) is 44.8 Å². The van der Waals surface area contributed by atoms with Crippen LogP contribution in [-0.2, 0) is 14.3 Å². The zero-order valence-electron chi connectivity index (χ0n) is 12.3. The van der Waals surface area contributed by atoms with Crippen LogP contribution in [0, 0.1) is 0 Å². The number of rotatable bonds is 5. The molecule has 0 fully saturated rings. The number of hydrogen-bond acceptors (Lipinski definition) is 4. The molecule has 6 heteroatoms. The molecule has 0 radical (unpaired) electrons. The number of benzene rings is 1. The van der Waals surface area contributed by atoms with Gasteiger partial charge in [-0.2, -0.15) is 0 Å². The molecule has 1 aromatic carbocycles. The topological polar surface area (TPSA) is 89.6 Å². The minimum atomic E-state index is -1.07. The second-order valence-corrected chi connectivity index (χ2v) is 6.26. The van der Waals surface area contributed by atoms with Gasteiger partial charge in [0.2, 0.25) is 0 Å². The Kier molecular flexibility index (Phi) is 5.75. The summed E-state index contributed by atoms with van der Waals surface area (Å²) < 4.78 is 5.34. The van der Waals surface area contributed by atoms with E-state index in [9.17, 15) is 9.59 Å². The Morgan fingerprint density at radius 3 is 2.48 bits per heavy atom. The second-order valence-electron chi connectivity index (χ2n) is 5.83. The van der Waals surface area contributed by atoms with E-state index in [2.05, 4.69) is 0 Å². The first-order valence-electron chi connectivity index (χ1n) is 6.56. The van der Waals surface area contributed by atoms with Crippen molar-refractivity contribution < 1.29 is 19.4 Å². The van der Waals surface area contributed by atoms with Crippen LogP contribution in [0.3, 0.4) is 0 Å². The summed E-state index contributed by atoms with van der Waals surface area (Å²) in [6.07, 6.45) is -0.337. The Balaban J connectivity index is 3.10. The van der Waals surface area contributed by atoms with Crippen molar-refractivity contribution in [3.05, 3.63) is 34.9 Å². The number of aliphatic carboxylic acids is 1. The summed E-state index contributed by atoms with van der Waals surface area (Å²) in [5.74, 6) is -2.50. The van der Waals surface area contributed by atoms with Crippen molar-refractivity contribution in [2.75, 3.05) is 0 Å². The summed E-state index contributed by atoms with van der Waals surface area (Å²) in [4.78, 5) is 23.2. The normalized spacial score (nSPS) is 14.3. The summed E-state index contributed by atoms with van der Waals surface area (Å²) in [7, 11) is 0. The molecule has 0 aliphatic rings. The van der Waals surface area contributed by atoms with Crippen molar-refractivity contribution >= 4 is 23.5 Å². The maximum absolute atomic E-state index is 12.4. The predicted molar refractivity (Wildman–Crippen MR) is 80.3 cm³/mol. The van der Waals surface area contributed by atoms with Crippen LogP contribution in [0.25, 0.3) is 0 Å². The van der Waals surface area contributed by atoms with Gasteiger partial charge in [-0.25, -0.2) is 0 Å². The Morgan fingerprint density at radius 1 is 1.38 bits per heavy atom. The highest BCUT2D eigenvalue weighted by Crippen LogP contribution is 2.26. The number of carboxylic acid groups (broad SMARTS) is 1. The number of carbonyl (C=O) groups excluding carboxylic acids is 1. The average Bonchev–Trinajstić information content (AvgIpc) is 2.25. The number of carbonyl (C=O) groups is 2. The largest absolute Gasteiger partial charge is 0.481 e. The molecule has 1 unspecified atom stereocenters. The minimum Gasteiger partial charge on any atom is -0.481 e. The number of nitrogens with two attached hydrogens (primary N) is 1. The van der Waals surface area contributed by atoms with E-state index in [4.69, 9.17) is 27.2 Å². The molecule has 0 heterocycles. The maximum Gasteiger partial charge on any atom is 0.315 e. The fourth-order valence-corrected chi connectivity index (χ4v) is 2.14. The van der Waals surface area contributed by atoms with Crippen molar-refractivity contribution in [3.8, 4) is 0 Å². The van der Waals surface area contributed by atoms with E-state index in [1.54, 1.807) is 45.0 Å². The highest BCUT2D eigenvalue weighted by Gasteiger charge is 2.33. The van der Waals surface area contributed by atoms with Crippen LogP contribution in [0.5, 0.6) is 0 Å². The lowest BCUT2D eigenvalue weighted by molar-refractivity contribution is -0.157. The van der Waals surface area contributed by atoms with Crippen molar-refractivity contribution in [1.29, 1.82) is 0 Å². The van der Waals surface area contributed by atoms with E-state index in [1.807, 2.05) is 0 Å². The van der Waals surface area contributed by atoms with E-state index in [0.29, 0.717) is 10.6 Å². The smallest absolute Gasteiger partial charge is 0.315 e. The maximum atomic E-state index is 12.4. The fraction of sp³-hybridized carbons (Fsp3) is 0.467. The first-order valence-corrected chi connectivity index (χ1v) is 6.93. The summed E-state index contributed by atoms with van der Waals surface area (Å²) in [6, 6.07) is 5.73. The summed E-state index contributed by atoms with van der Waals surface area (Å²) >= 11 is 5.93. The van der Waals surface area contributed by atoms with Gasteiger partial charge >= 0.3 is 11.9 Å². The second kappa shape index (κ2) is 6.91. The van der Waals surface area contributed by atoms with Gasteiger partial charge in [0.25, 0.3) is 0 Å². The van der Waals surface area contributed by atoms with Gasteiger partial charge in [0, 0.05) is 11.1 Å². The molecule has 0 aliphatic heterocycles. The standard InChI is InChI=1S/C15H20ClNO4/c1-15(2,3)21-14(20)13(11(17)8-12(18)19)9-5-4-6-10(16)7-9/h4-7,11,13H,8,17H2,1-3H3,(H,18,19)/t11-,13?/m0/s1. The van der Waals surface area contributed by atoms with Gasteiger partial charge in [-0.15, -0.1) is 0 Å². The average molecular weight is 314 g/mol. The first kappa shape index (κ1) is 17.5. The molecular weight excluding hydrogens is 294 g/mol. The Morgan fingerprint density at radius 2 is 2.00 bits per heavy atom. The van der Waals surface area contributed by atoms with Crippen molar-refractivity contribution in [3.63, 3.8) is 0 Å². The highest BCUT2D eigenvalue weighted by molar-refractivity contribution is 6.30. The van der Waals surface area contributed by atoms with Gasteiger partial charge < -0.3 is 15.6 Å². The van der Waals surface area contributed by atoms with Gasteiger partial charge in [0.15, 0.2) is 0 Å². The predicted octanol–water partition coefficient (Wildman–Crippen LogP) is 2.57. The van der Waals surface area contributed by atoms with Gasteiger partial charge in [0.1, 0.15) is 5.60 Å². The molecule has 0 bridgehead atoms. The van der Waals surface area contributed by atoms with Gasteiger partial charge in [-0.3, -0.25) is 9.59 Å². The SMILES string of the molecule is CC(C)(C)OC(=O)C(c1cccc(Cl)c1)[C@@H](N)CC(=O)O. The zero-order chi connectivity index (χ0) is 16.2. The first-order chi connectivity index (χ1) is 9.60. The number of hydrogen-bond donors (Lipinski definition) is 2. The number of ether oxygens (including phenoxy) is 1. The lowest BCUT2D eigenvalue weighted by atomic mass is 9.90. The molecule has 2 atom stereocenters. The molecule has 0 saturated heterocycles. The lowest BCUT2D eigenvalue weighted by Gasteiger charge is -2.27. The molecule has 0 saturated carbocycles. The van der Waals surface area contributed by atoms with Crippen LogP contribution in [-0.4, -0.2) is 28.7 Å². The summed E-state index contributed by atoms with van der Waals surface area (Å²) in [6.45, 7) is 5.22. The van der Waals surface area contributed by atoms with E-state index in [0.717, 1.165) is 0 Å². The van der Waals surface area contributed by atoms with Gasteiger partial charge in [-0.05, 0) is 38.5 Å². The lowest BCUT2D eigenvalue weighted by Crippen LogP contribution is -2.39. The molecular formula is C15H20ClNO4. The third kappa shape index (κ3) is 5.73. The highest BCUT2D eigenvalue weighted by atomic mass is 35.5. The van der Waals surface area contributed by atoms with Crippen molar-refractivity contribution in [1.82, 2.24) is 0 Å². The third-order valence-electron chi connectivity index (χ3n) is 2.71. The molecule has 5 nitrogen and oxygen atoms in total. The molecule has 0 aliphatic carbocycles. The molecule has 0 amide bonds. The summed E-state index contributed by atoms with van der Waals surface area (Å²) in [5, 5.41) is 9.34. The third-order valence-corrected chi connectivity index (χ3v) is 2.94. The van der Waals surface area contributed by atoms with Crippen molar-refractivity contribution in [2.24, 2.45) is 5.73 Å². The van der Waals surface area contributed by atoms with Crippen LogP contribution in [0.1, 0.15) is 38.7 Å². The molecule has 0 aromatic heterocycles. The monoisotopic (exact) mass is 313 g/mol. The number of carboxylic acids is 1. The molecule has 0 spiro atoms. The van der Waals surface area contributed by atoms with Crippen LogP contribution < -0.4 is 5.73 Å². The van der Waals surface area contributed by atoms with E-state index in [-0.39, 0.29) is 6.42 Å². The molecule has 21 heavy (non-hydrogen) atoms. The molecule has 116 valence electrons. The minimum absolute atomic E-state index is 0.337. The van der Waals surface area contributed by atoms with Gasteiger partial charge in [-0.1, -0.05) is 23.7 Å². The molecule has 1 rings (SSSR count). The number of esters is 1. The van der Waals surface area contributed by atoms with Crippen LogP contribution >= 0.6 is 11.6 Å². The van der Waals surface area contributed by atoms with Gasteiger partial charge in [0.05, 0.1) is 12.3 Å². The fourth-order valence-electron chi connectivity index (χ4n) is 1.94. The van der Waals surface area contributed by atoms with E-state index in [1.165, 1.54) is 0 Å². The Labute approximate surface area is 129 Å². The van der Waals surface area contributed by atoms with Crippen LogP contribution in [0.15, 0.2) is 24.3 Å². The molecule has 3 N–H and O–H groups in total. The molecule has 1 aromatic rings. The Hall–Kier alpha value is -1.59. The summed E-state index contributed by atoms with van der Waals surface area (Å²) in [5.41, 5.74) is 5.76.